The van der Waals surface area contributed by atoms with Crippen LogP contribution in [0.25, 0.3) is 0 Å². The number of hydrogen-bond acceptors (Lipinski definition) is 2. The zero-order valence-corrected chi connectivity index (χ0v) is 11.6. The minimum Gasteiger partial charge on any atom is -0.393 e. The van der Waals surface area contributed by atoms with Crippen LogP contribution in [-0.4, -0.2) is 21.9 Å². The Balaban J connectivity index is 2.10. The Morgan fingerprint density at radius 3 is 2.24 bits per heavy atom. The molecule has 98 valence electrons. The summed E-state index contributed by atoms with van der Waals surface area (Å²) in [6.07, 6.45) is 4.64. The van der Waals surface area contributed by atoms with E-state index in [0.29, 0.717) is 11.3 Å². The maximum atomic E-state index is 10.9. The standard InChI is InChI=1S/C15H26O2/c1-12(2)9-15-10(12)5-7-13(15,3)11(16)6-8-14(15,4)17/h10-11,16-17H,5-9H2,1-4H3/t10-,11+,13-,14-,15-/m0/s1. The molecular formula is C15H26O2. The molecule has 2 N–H and O–H groups in total. The summed E-state index contributed by atoms with van der Waals surface area (Å²) in [5, 5.41) is 21.4. The van der Waals surface area contributed by atoms with Gasteiger partial charge >= 0.3 is 0 Å². The molecule has 0 saturated heterocycles. The van der Waals surface area contributed by atoms with Crippen molar-refractivity contribution in [1.29, 1.82) is 0 Å². The normalized spacial score (nSPS) is 60.4. The Bertz CT molecular complexity index is 360. The minimum absolute atomic E-state index is 0.0266. The van der Waals surface area contributed by atoms with E-state index in [2.05, 4.69) is 20.8 Å². The first-order chi connectivity index (χ1) is 7.67. The summed E-state index contributed by atoms with van der Waals surface area (Å²) in [7, 11) is 0. The molecule has 3 aliphatic carbocycles. The Labute approximate surface area is 104 Å². The van der Waals surface area contributed by atoms with Crippen molar-refractivity contribution in [2.45, 2.75) is 71.5 Å². The fourth-order valence-electron chi connectivity index (χ4n) is 6.01. The van der Waals surface area contributed by atoms with Gasteiger partial charge in [0.1, 0.15) is 0 Å². The molecule has 0 unspecified atom stereocenters. The summed E-state index contributed by atoms with van der Waals surface area (Å²) in [6, 6.07) is 0. The molecule has 17 heavy (non-hydrogen) atoms. The molecular weight excluding hydrogens is 212 g/mol. The van der Waals surface area contributed by atoms with Crippen LogP contribution in [0.15, 0.2) is 0 Å². The van der Waals surface area contributed by atoms with E-state index in [0.717, 1.165) is 25.7 Å². The second kappa shape index (κ2) is 2.91. The van der Waals surface area contributed by atoms with Crippen LogP contribution >= 0.6 is 0 Å². The van der Waals surface area contributed by atoms with Crippen molar-refractivity contribution in [2.75, 3.05) is 0 Å². The molecule has 0 bridgehead atoms. The SMILES string of the molecule is CC1(C)C[C@]23[C@H]1CC[C@@]2(C)[C@H](O)CC[C@]3(C)O. The van der Waals surface area contributed by atoms with Gasteiger partial charge in [-0.05, 0) is 50.4 Å². The summed E-state index contributed by atoms with van der Waals surface area (Å²) >= 11 is 0. The van der Waals surface area contributed by atoms with Crippen LogP contribution in [-0.2, 0) is 0 Å². The highest BCUT2D eigenvalue weighted by molar-refractivity contribution is 5.26. The zero-order chi connectivity index (χ0) is 12.7. The molecule has 2 heteroatoms. The van der Waals surface area contributed by atoms with E-state index in [1.54, 1.807) is 0 Å². The van der Waals surface area contributed by atoms with Crippen molar-refractivity contribution in [3.63, 3.8) is 0 Å². The quantitative estimate of drug-likeness (QED) is 0.681. The molecule has 0 radical (unpaired) electrons. The number of rotatable bonds is 0. The highest BCUT2D eigenvalue weighted by atomic mass is 16.3. The van der Waals surface area contributed by atoms with Crippen molar-refractivity contribution >= 4 is 0 Å². The zero-order valence-electron chi connectivity index (χ0n) is 11.6. The second-order valence-corrected chi connectivity index (χ2v) is 7.97. The summed E-state index contributed by atoms with van der Waals surface area (Å²) < 4.78 is 0. The highest BCUT2D eigenvalue weighted by Gasteiger charge is 2.77. The van der Waals surface area contributed by atoms with Crippen LogP contribution in [0.1, 0.15) is 59.8 Å². The first kappa shape index (κ1) is 12.0. The molecule has 0 amide bonds. The van der Waals surface area contributed by atoms with Crippen molar-refractivity contribution in [1.82, 2.24) is 0 Å². The Morgan fingerprint density at radius 1 is 1.00 bits per heavy atom. The van der Waals surface area contributed by atoms with Crippen molar-refractivity contribution in [3.05, 3.63) is 0 Å². The average molecular weight is 238 g/mol. The maximum absolute atomic E-state index is 10.9. The van der Waals surface area contributed by atoms with Gasteiger partial charge in [-0.25, -0.2) is 0 Å². The predicted octanol–water partition coefficient (Wildman–Crippen LogP) is 2.72. The Hall–Kier alpha value is -0.0800. The molecule has 2 nitrogen and oxygen atoms in total. The lowest BCUT2D eigenvalue weighted by Gasteiger charge is -2.71. The molecule has 3 fully saturated rings. The summed E-state index contributed by atoms with van der Waals surface area (Å²) in [4.78, 5) is 0. The van der Waals surface area contributed by atoms with E-state index in [-0.39, 0.29) is 16.9 Å². The van der Waals surface area contributed by atoms with Gasteiger partial charge in [0, 0.05) is 10.8 Å². The fraction of sp³-hybridized carbons (Fsp3) is 1.00. The number of aliphatic hydroxyl groups is 2. The lowest BCUT2D eigenvalue weighted by atomic mass is 9.35. The van der Waals surface area contributed by atoms with Gasteiger partial charge in [-0.1, -0.05) is 20.8 Å². The summed E-state index contributed by atoms with van der Waals surface area (Å²) in [5.74, 6) is 0.588. The summed E-state index contributed by atoms with van der Waals surface area (Å²) in [5.41, 5.74) is -0.327. The van der Waals surface area contributed by atoms with Gasteiger partial charge in [0.05, 0.1) is 11.7 Å². The van der Waals surface area contributed by atoms with E-state index < -0.39 is 5.60 Å². The van der Waals surface area contributed by atoms with E-state index in [4.69, 9.17) is 0 Å². The first-order valence-electron chi connectivity index (χ1n) is 7.08. The highest BCUT2D eigenvalue weighted by Crippen LogP contribution is 2.79. The third-order valence-corrected chi connectivity index (χ3v) is 6.85. The van der Waals surface area contributed by atoms with E-state index in [1.807, 2.05) is 6.92 Å². The molecule has 0 aliphatic heterocycles. The topological polar surface area (TPSA) is 40.5 Å². The molecule has 3 aliphatic rings. The molecule has 1 spiro atoms. The molecule has 5 atom stereocenters. The van der Waals surface area contributed by atoms with Crippen LogP contribution in [0.5, 0.6) is 0 Å². The van der Waals surface area contributed by atoms with Crippen molar-refractivity contribution in [2.24, 2.45) is 22.2 Å². The van der Waals surface area contributed by atoms with Crippen molar-refractivity contribution in [3.8, 4) is 0 Å². The molecule has 0 aromatic rings. The lowest BCUT2D eigenvalue weighted by Crippen LogP contribution is -2.71. The van der Waals surface area contributed by atoms with Gasteiger partial charge in [-0.3, -0.25) is 0 Å². The van der Waals surface area contributed by atoms with Gasteiger partial charge < -0.3 is 10.2 Å². The van der Waals surface area contributed by atoms with Crippen LogP contribution < -0.4 is 0 Å². The lowest BCUT2D eigenvalue weighted by molar-refractivity contribution is -0.290. The van der Waals surface area contributed by atoms with Crippen LogP contribution in [0.2, 0.25) is 0 Å². The molecule has 0 heterocycles. The third-order valence-electron chi connectivity index (χ3n) is 6.85. The van der Waals surface area contributed by atoms with Crippen LogP contribution in [0, 0.1) is 22.2 Å². The number of hydrogen-bond donors (Lipinski definition) is 2. The van der Waals surface area contributed by atoms with E-state index >= 15 is 0 Å². The van der Waals surface area contributed by atoms with Gasteiger partial charge in [-0.2, -0.15) is 0 Å². The van der Waals surface area contributed by atoms with Crippen LogP contribution in [0.3, 0.4) is 0 Å². The minimum atomic E-state index is -0.586. The van der Waals surface area contributed by atoms with E-state index in [9.17, 15) is 10.2 Å². The van der Waals surface area contributed by atoms with Crippen LogP contribution in [0.4, 0.5) is 0 Å². The van der Waals surface area contributed by atoms with Gasteiger partial charge in [0.15, 0.2) is 0 Å². The van der Waals surface area contributed by atoms with Gasteiger partial charge in [-0.15, -0.1) is 0 Å². The largest absolute Gasteiger partial charge is 0.393 e. The van der Waals surface area contributed by atoms with Gasteiger partial charge in [0.25, 0.3) is 0 Å². The Morgan fingerprint density at radius 2 is 1.65 bits per heavy atom. The monoisotopic (exact) mass is 238 g/mol. The van der Waals surface area contributed by atoms with Gasteiger partial charge in [0.2, 0.25) is 0 Å². The maximum Gasteiger partial charge on any atom is 0.0685 e. The first-order valence-corrected chi connectivity index (χ1v) is 7.08. The molecule has 0 aromatic heterocycles. The van der Waals surface area contributed by atoms with Crippen molar-refractivity contribution < 1.29 is 10.2 Å². The third kappa shape index (κ3) is 1.06. The molecule has 0 aromatic carbocycles. The average Bonchev–Trinajstić information content (AvgIpc) is 2.46. The fourth-order valence-corrected chi connectivity index (χ4v) is 6.01. The summed E-state index contributed by atoms with van der Waals surface area (Å²) in [6.45, 7) is 8.89. The molecule has 3 saturated carbocycles. The molecule has 3 rings (SSSR count). The number of aliphatic hydroxyl groups excluding tert-OH is 1. The Kier molecular flexibility index (Phi) is 2.05. The smallest absolute Gasteiger partial charge is 0.0685 e. The van der Waals surface area contributed by atoms with E-state index in [1.165, 1.54) is 6.42 Å². The second-order valence-electron chi connectivity index (χ2n) is 7.97. The predicted molar refractivity (Wildman–Crippen MR) is 67.5 cm³/mol.